The third kappa shape index (κ3) is 6.68. The highest BCUT2D eigenvalue weighted by atomic mass is 28.4. The molecule has 3 nitrogen and oxygen atoms in total. The number of Topliss-reactive ketones (excluding diaryl/α,β-unsaturated/α-hetero) is 1. The maximum atomic E-state index is 12.0. The van der Waals surface area contributed by atoms with Gasteiger partial charge >= 0.3 is 0 Å². The van der Waals surface area contributed by atoms with Gasteiger partial charge in [0.25, 0.3) is 0 Å². The molecule has 0 bridgehead atoms. The Morgan fingerprint density at radius 1 is 1.12 bits per heavy atom. The molecule has 0 spiro atoms. The van der Waals surface area contributed by atoms with Crippen molar-refractivity contribution in [3.05, 3.63) is 35.9 Å². The molecular formula is C21H36O3Si. The summed E-state index contributed by atoms with van der Waals surface area (Å²) in [6, 6.07) is 10.2. The molecule has 142 valence electrons. The maximum Gasteiger partial charge on any atom is 0.192 e. The SMILES string of the molecule is CC(=O)[C@@H](C)[C@H](O[Si](C)(C)C(C)(C)C)[C@H](C)COCc1ccccc1. The van der Waals surface area contributed by atoms with Gasteiger partial charge in [-0.1, -0.05) is 65.0 Å². The van der Waals surface area contributed by atoms with Crippen molar-refractivity contribution < 1.29 is 14.0 Å². The van der Waals surface area contributed by atoms with E-state index < -0.39 is 8.32 Å². The second kappa shape index (κ2) is 9.11. The molecule has 0 aliphatic carbocycles. The number of benzene rings is 1. The minimum absolute atomic E-state index is 0.103. The average molecular weight is 365 g/mol. The molecule has 0 N–H and O–H groups in total. The zero-order chi connectivity index (χ0) is 19.3. The predicted molar refractivity (Wildman–Crippen MR) is 107 cm³/mol. The number of carbonyl (C=O) groups excluding carboxylic acids is 1. The summed E-state index contributed by atoms with van der Waals surface area (Å²) >= 11 is 0. The maximum absolute atomic E-state index is 12.0. The Morgan fingerprint density at radius 2 is 1.68 bits per heavy atom. The largest absolute Gasteiger partial charge is 0.413 e. The van der Waals surface area contributed by atoms with Gasteiger partial charge < -0.3 is 9.16 Å². The van der Waals surface area contributed by atoms with Crippen LogP contribution in [0.2, 0.25) is 18.1 Å². The Labute approximate surface area is 155 Å². The number of carbonyl (C=O) groups is 1. The van der Waals surface area contributed by atoms with Gasteiger partial charge in [-0.3, -0.25) is 4.79 Å². The molecule has 1 aromatic carbocycles. The van der Waals surface area contributed by atoms with E-state index in [0.717, 1.165) is 5.56 Å². The molecule has 0 saturated heterocycles. The van der Waals surface area contributed by atoms with Crippen molar-refractivity contribution in [2.75, 3.05) is 6.61 Å². The normalized spacial score (nSPS) is 16.3. The highest BCUT2D eigenvalue weighted by Gasteiger charge is 2.42. The van der Waals surface area contributed by atoms with Crippen LogP contribution in [0, 0.1) is 11.8 Å². The average Bonchev–Trinajstić information content (AvgIpc) is 2.51. The lowest BCUT2D eigenvalue weighted by Gasteiger charge is -2.42. The molecule has 0 unspecified atom stereocenters. The zero-order valence-electron chi connectivity index (χ0n) is 17.3. The van der Waals surface area contributed by atoms with Crippen molar-refractivity contribution in [3.63, 3.8) is 0 Å². The molecule has 0 saturated carbocycles. The van der Waals surface area contributed by atoms with Crippen LogP contribution >= 0.6 is 0 Å². The molecule has 0 aromatic heterocycles. The van der Waals surface area contributed by atoms with Crippen LogP contribution in [-0.2, 0) is 20.6 Å². The van der Waals surface area contributed by atoms with Gasteiger partial charge in [-0.15, -0.1) is 0 Å². The van der Waals surface area contributed by atoms with E-state index >= 15 is 0 Å². The van der Waals surface area contributed by atoms with Gasteiger partial charge in [-0.2, -0.15) is 0 Å². The Balaban J connectivity index is 2.76. The molecule has 1 rings (SSSR count). The predicted octanol–water partition coefficient (Wildman–Crippen LogP) is 5.45. The molecule has 1 aromatic rings. The van der Waals surface area contributed by atoms with Crippen LogP contribution in [0.1, 0.15) is 47.1 Å². The van der Waals surface area contributed by atoms with Crippen LogP contribution in [0.5, 0.6) is 0 Å². The second-order valence-electron chi connectivity index (χ2n) is 8.72. The first kappa shape index (κ1) is 22.1. The molecule has 0 radical (unpaired) electrons. The number of hydrogen-bond acceptors (Lipinski definition) is 3. The van der Waals surface area contributed by atoms with Crippen LogP contribution in [-0.4, -0.2) is 26.8 Å². The fraction of sp³-hybridized carbons (Fsp3) is 0.667. The fourth-order valence-electron chi connectivity index (χ4n) is 2.49. The summed E-state index contributed by atoms with van der Waals surface area (Å²) in [6.45, 7) is 18.1. The lowest BCUT2D eigenvalue weighted by Crippen LogP contribution is -2.49. The lowest BCUT2D eigenvalue weighted by molar-refractivity contribution is -0.124. The van der Waals surface area contributed by atoms with Crippen LogP contribution in [0.4, 0.5) is 0 Å². The van der Waals surface area contributed by atoms with Gasteiger partial charge in [-0.05, 0) is 30.6 Å². The summed E-state index contributed by atoms with van der Waals surface area (Å²) in [5.41, 5.74) is 1.16. The number of hydrogen-bond donors (Lipinski definition) is 0. The Kier molecular flexibility index (Phi) is 8.04. The summed E-state index contributed by atoms with van der Waals surface area (Å²) < 4.78 is 12.5. The van der Waals surface area contributed by atoms with Crippen molar-refractivity contribution in [3.8, 4) is 0 Å². The third-order valence-electron chi connectivity index (χ3n) is 5.42. The molecule has 25 heavy (non-hydrogen) atoms. The van der Waals surface area contributed by atoms with Crippen LogP contribution in [0.15, 0.2) is 30.3 Å². The highest BCUT2D eigenvalue weighted by Crippen LogP contribution is 2.39. The molecular weight excluding hydrogens is 328 g/mol. The van der Waals surface area contributed by atoms with Crippen molar-refractivity contribution in [1.29, 1.82) is 0 Å². The summed E-state index contributed by atoms with van der Waals surface area (Å²) in [5.74, 6) is 0.222. The Morgan fingerprint density at radius 3 is 2.16 bits per heavy atom. The molecule has 4 heteroatoms. The first-order valence-electron chi connectivity index (χ1n) is 9.25. The van der Waals surface area contributed by atoms with E-state index in [-0.39, 0.29) is 28.8 Å². The second-order valence-corrected chi connectivity index (χ2v) is 13.5. The van der Waals surface area contributed by atoms with Crippen LogP contribution < -0.4 is 0 Å². The van der Waals surface area contributed by atoms with E-state index in [0.29, 0.717) is 13.2 Å². The van der Waals surface area contributed by atoms with Crippen molar-refractivity contribution >= 4 is 14.1 Å². The summed E-state index contributed by atoms with van der Waals surface area (Å²) in [5, 5.41) is 0.117. The summed E-state index contributed by atoms with van der Waals surface area (Å²) in [4.78, 5) is 12.0. The van der Waals surface area contributed by atoms with E-state index in [1.807, 2.05) is 25.1 Å². The standard InChI is InChI=1S/C21H36O3Si/c1-16(14-23-15-19-12-10-9-11-13-19)20(17(2)18(3)22)24-25(7,8)21(4,5)6/h9-13,16-17,20H,14-15H2,1-8H3/t16-,17-,20-/m1/s1. The Bertz CT molecular complexity index is 534. The van der Waals surface area contributed by atoms with Crippen LogP contribution in [0.25, 0.3) is 0 Å². The van der Waals surface area contributed by atoms with E-state index in [4.69, 9.17) is 9.16 Å². The molecule has 3 atom stereocenters. The number of ketones is 1. The summed E-state index contributed by atoms with van der Waals surface area (Å²) in [7, 11) is -1.95. The van der Waals surface area contributed by atoms with Gasteiger partial charge in [0.05, 0.1) is 19.3 Å². The van der Waals surface area contributed by atoms with Crippen molar-refractivity contribution in [2.45, 2.75) is 72.4 Å². The lowest BCUT2D eigenvalue weighted by atomic mass is 9.91. The van der Waals surface area contributed by atoms with Crippen molar-refractivity contribution in [2.24, 2.45) is 11.8 Å². The van der Waals surface area contributed by atoms with E-state index in [1.54, 1.807) is 6.92 Å². The highest BCUT2D eigenvalue weighted by molar-refractivity contribution is 6.74. The first-order chi connectivity index (χ1) is 11.5. The third-order valence-corrected chi connectivity index (χ3v) is 9.90. The van der Waals surface area contributed by atoms with Gasteiger partial charge in [0.2, 0.25) is 0 Å². The topological polar surface area (TPSA) is 35.5 Å². The smallest absolute Gasteiger partial charge is 0.192 e. The first-order valence-corrected chi connectivity index (χ1v) is 12.2. The van der Waals surface area contributed by atoms with Crippen LogP contribution in [0.3, 0.4) is 0 Å². The van der Waals surface area contributed by atoms with Gasteiger partial charge in [0.1, 0.15) is 5.78 Å². The number of rotatable bonds is 9. The minimum atomic E-state index is -1.95. The van der Waals surface area contributed by atoms with Crippen molar-refractivity contribution in [1.82, 2.24) is 0 Å². The van der Waals surface area contributed by atoms with Gasteiger partial charge in [-0.25, -0.2) is 0 Å². The molecule has 0 amide bonds. The Hall–Kier alpha value is -0.973. The fourth-order valence-corrected chi connectivity index (χ4v) is 3.96. The molecule has 0 aliphatic rings. The zero-order valence-corrected chi connectivity index (χ0v) is 18.3. The van der Waals surface area contributed by atoms with E-state index in [1.165, 1.54) is 0 Å². The molecule has 0 fully saturated rings. The molecule has 0 heterocycles. The van der Waals surface area contributed by atoms with E-state index in [9.17, 15) is 4.79 Å². The number of ether oxygens (including phenoxy) is 1. The summed E-state index contributed by atoms with van der Waals surface area (Å²) in [6.07, 6.45) is -0.103. The van der Waals surface area contributed by atoms with Gasteiger partial charge in [0, 0.05) is 11.8 Å². The molecule has 0 aliphatic heterocycles. The monoisotopic (exact) mass is 364 g/mol. The van der Waals surface area contributed by atoms with E-state index in [2.05, 4.69) is 52.9 Å². The van der Waals surface area contributed by atoms with Gasteiger partial charge in [0.15, 0.2) is 8.32 Å². The quantitative estimate of drug-likeness (QED) is 0.546. The minimum Gasteiger partial charge on any atom is -0.413 e.